The van der Waals surface area contributed by atoms with E-state index >= 15 is 0 Å². The van der Waals surface area contributed by atoms with Gasteiger partial charge in [-0.2, -0.15) is 0 Å². The summed E-state index contributed by atoms with van der Waals surface area (Å²) < 4.78 is 2.53. The molecule has 0 N–H and O–H groups in total. The third-order valence-electron chi connectivity index (χ3n) is 0.947. The third kappa shape index (κ3) is 9.20. The molecule has 0 aromatic rings. The molecule has 0 nitrogen and oxygen atoms in total. The normalized spacial score (nSPS) is 10.9. The minimum Gasteiger partial charge on any atom is -0.0885 e. The first-order valence-corrected chi connectivity index (χ1v) is 6.24. The monoisotopic (exact) mass is 350 g/mol. The smallest absolute Gasteiger partial charge is 0.00299 e. The Bertz CT molecular complexity index is 69.3. The van der Waals surface area contributed by atoms with E-state index in [1.807, 2.05) is 0 Å². The quantitative estimate of drug-likeness (QED) is 0.308. The van der Waals surface area contributed by atoms with Gasteiger partial charge in [-0.25, -0.2) is 0 Å². The van der Waals surface area contributed by atoms with E-state index < -0.39 is 0 Å². The second-order valence-corrected chi connectivity index (χ2v) is 3.94. The lowest BCUT2D eigenvalue weighted by Gasteiger charge is -1.86. The fraction of sp³-hybridized carbons (Fsp3) is 0.714. The van der Waals surface area contributed by atoms with Crippen molar-refractivity contribution >= 4 is 45.2 Å². The number of rotatable bonds is 5. The Labute approximate surface area is 84.8 Å². The summed E-state index contributed by atoms with van der Waals surface area (Å²) in [6.45, 7) is 0. The van der Waals surface area contributed by atoms with Crippen molar-refractivity contribution in [3.63, 3.8) is 0 Å². The highest BCUT2D eigenvalue weighted by atomic mass is 127. The molecule has 0 fully saturated rings. The molecule has 0 atom stereocenters. The van der Waals surface area contributed by atoms with Crippen LogP contribution in [0.2, 0.25) is 0 Å². The van der Waals surface area contributed by atoms with Gasteiger partial charge in [0.25, 0.3) is 0 Å². The van der Waals surface area contributed by atoms with E-state index in [9.17, 15) is 0 Å². The van der Waals surface area contributed by atoms with Crippen molar-refractivity contribution in [2.75, 3.05) is 8.86 Å². The summed E-state index contributed by atoms with van der Waals surface area (Å²) in [6.07, 6.45) is 8.40. The van der Waals surface area contributed by atoms with Crippen molar-refractivity contribution in [2.45, 2.75) is 19.3 Å². The Balaban J connectivity index is 2.86. The average molecular weight is 350 g/mol. The topological polar surface area (TPSA) is 0 Å². The molecule has 0 aromatic heterocycles. The Morgan fingerprint density at radius 2 is 1.56 bits per heavy atom. The van der Waals surface area contributed by atoms with E-state index in [1.165, 1.54) is 28.1 Å². The van der Waals surface area contributed by atoms with Crippen molar-refractivity contribution in [2.24, 2.45) is 0 Å². The molecule has 2 heteroatoms. The fourth-order valence-electron chi connectivity index (χ4n) is 0.494. The van der Waals surface area contributed by atoms with Crippen molar-refractivity contribution in [1.82, 2.24) is 0 Å². The molecule has 0 rings (SSSR count). The van der Waals surface area contributed by atoms with Crippen LogP contribution in [0.1, 0.15) is 19.3 Å². The molecule has 0 radical (unpaired) electrons. The van der Waals surface area contributed by atoms with Crippen molar-refractivity contribution in [3.05, 3.63) is 12.2 Å². The van der Waals surface area contributed by atoms with E-state index in [-0.39, 0.29) is 0 Å². The third-order valence-corrected chi connectivity index (χ3v) is 2.33. The molecule has 0 saturated heterocycles. The van der Waals surface area contributed by atoms with Crippen LogP contribution in [-0.2, 0) is 0 Å². The minimum atomic E-state index is 1.24. The summed E-state index contributed by atoms with van der Waals surface area (Å²) >= 11 is 4.81. The van der Waals surface area contributed by atoms with Gasteiger partial charge in [-0.05, 0) is 23.7 Å². The van der Waals surface area contributed by atoms with Crippen LogP contribution < -0.4 is 0 Å². The Hall–Kier alpha value is 1.20. The zero-order valence-electron chi connectivity index (χ0n) is 5.45. The van der Waals surface area contributed by atoms with Gasteiger partial charge >= 0.3 is 0 Å². The van der Waals surface area contributed by atoms with Gasteiger partial charge in [-0.1, -0.05) is 57.3 Å². The molecule has 0 heterocycles. The molecule has 0 bridgehead atoms. The van der Waals surface area contributed by atoms with Gasteiger partial charge in [0.15, 0.2) is 0 Å². The lowest BCUT2D eigenvalue weighted by atomic mass is 10.3. The van der Waals surface area contributed by atoms with E-state index in [2.05, 4.69) is 57.3 Å². The number of hydrogen-bond acceptors (Lipinski definition) is 0. The van der Waals surface area contributed by atoms with Crippen LogP contribution in [0.4, 0.5) is 0 Å². The van der Waals surface area contributed by atoms with Crippen LogP contribution in [-0.4, -0.2) is 8.86 Å². The maximum atomic E-state index is 2.41. The molecular formula is C7H12I2. The number of unbranched alkanes of at least 4 members (excludes halogenated alkanes) is 1. The van der Waals surface area contributed by atoms with E-state index in [0.717, 1.165) is 0 Å². The molecule has 0 aliphatic rings. The highest BCUT2D eigenvalue weighted by molar-refractivity contribution is 14.1. The van der Waals surface area contributed by atoms with Gasteiger partial charge < -0.3 is 0 Å². The second kappa shape index (κ2) is 9.20. The lowest BCUT2D eigenvalue weighted by Crippen LogP contribution is -1.71. The molecule has 9 heavy (non-hydrogen) atoms. The molecule has 0 aliphatic heterocycles. The maximum absolute atomic E-state index is 2.41. The number of alkyl halides is 2. The van der Waals surface area contributed by atoms with Crippen LogP contribution in [0.25, 0.3) is 0 Å². The average Bonchev–Trinajstić information content (AvgIpc) is 1.89. The summed E-state index contributed by atoms with van der Waals surface area (Å²) in [5.41, 5.74) is 0. The fourth-order valence-corrected chi connectivity index (χ4v) is 1.29. The van der Waals surface area contributed by atoms with Crippen LogP contribution in [0, 0.1) is 0 Å². The predicted octanol–water partition coefficient (Wildman–Crippen LogP) is 3.58. The molecule has 0 amide bonds. The first-order valence-electron chi connectivity index (χ1n) is 3.18. The van der Waals surface area contributed by atoms with Gasteiger partial charge in [0.2, 0.25) is 0 Å². The van der Waals surface area contributed by atoms with Crippen molar-refractivity contribution < 1.29 is 0 Å². The predicted molar refractivity (Wildman–Crippen MR) is 60.8 cm³/mol. The van der Waals surface area contributed by atoms with E-state index in [4.69, 9.17) is 0 Å². The number of halogens is 2. The van der Waals surface area contributed by atoms with Crippen molar-refractivity contribution in [3.8, 4) is 0 Å². The Morgan fingerprint density at radius 1 is 0.889 bits per heavy atom. The molecule has 0 spiro atoms. The zero-order valence-corrected chi connectivity index (χ0v) is 9.76. The van der Waals surface area contributed by atoms with E-state index in [1.54, 1.807) is 0 Å². The zero-order chi connectivity index (χ0) is 6.95. The van der Waals surface area contributed by atoms with Gasteiger partial charge in [0.05, 0.1) is 0 Å². The molecule has 0 aromatic carbocycles. The SMILES string of the molecule is ICCC=CCCCI. The first-order chi connectivity index (χ1) is 4.41. The largest absolute Gasteiger partial charge is 0.0885 e. The molecule has 0 unspecified atom stereocenters. The number of allylic oxidation sites excluding steroid dienone is 2. The van der Waals surface area contributed by atoms with Crippen molar-refractivity contribution in [1.29, 1.82) is 0 Å². The van der Waals surface area contributed by atoms with Crippen LogP contribution in [0.3, 0.4) is 0 Å². The lowest BCUT2D eigenvalue weighted by molar-refractivity contribution is 0.979. The standard InChI is InChI=1S/C7H12I2/c8-6-4-2-1-3-5-7-9/h1-2H,3-7H2. The van der Waals surface area contributed by atoms with Gasteiger partial charge in [-0.15, -0.1) is 0 Å². The Kier molecular flexibility index (Phi) is 10.4. The second-order valence-electron chi connectivity index (χ2n) is 1.78. The number of hydrogen-bond donors (Lipinski definition) is 0. The molecule has 0 saturated carbocycles. The maximum Gasteiger partial charge on any atom is 0.00299 e. The summed E-state index contributed by atoms with van der Waals surface area (Å²) in [6, 6.07) is 0. The summed E-state index contributed by atoms with van der Waals surface area (Å²) in [5, 5.41) is 0. The first kappa shape index (κ1) is 10.2. The summed E-state index contributed by atoms with van der Waals surface area (Å²) in [7, 11) is 0. The summed E-state index contributed by atoms with van der Waals surface area (Å²) in [4.78, 5) is 0. The van der Waals surface area contributed by atoms with Gasteiger partial charge in [-0.3, -0.25) is 0 Å². The molecular weight excluding hydrogens is 338 g/mol. The Morgan fingerprint density at radius 3 is 2.11 bits per heavy atom. The van der Waals surface area contributed by atoms with Crippen LogP contribution in [0.5, 0.6) is 0 Å². The van der Waals surface area contributed by atoms with E-state index in [0.29, 0.717) is 0 Å². The van der Waals surface area contributed by atoms with Gasteiger partial charge in [0.1, 0.15) is 0 Å². The minimum absolute atomic E-state index is 1.24. The summed E-state index contributed by atoms with van der Waals surface area (Å²) in [5.74, 6) is 0. The van der Waals surface area contributed by atoms with Gasteiger partial charge in [0, 0.05) is 4.43 Å². The highest BCUT2D eigenvalue weighted by Crippen LogP contribution is 1.97. The highest BCUT2D eigenvalue weighted by Gasteiger charge is 1.77. The molecule has 54 valence electrons. The van der Waals surface area contributed by atoms with Crippen LogP contribution in [0.15, 0.2) is 12.2 Å². The molecule has 0 aliphatic carbocycles. The van der Waals surface area contributed by atoms with Crippen LogP contribution >= 0.6 is 45.2 Å².